The lowest BCUT2D eigenvalue weighted by Gasteiger charge is -2.12. The molecule has 0 bridgehead atoms. The van der Waals surface area contributed by atoms with Crippen LogP contribution in [-0.4, -0.2) is 0 Å². The topological polar surface area (TPSA) is 0 Å². The van der Waals surface area contributed by atoms with Gasteiger partial charge in [-0.1, -0.05) is 31.9 Å². The molecule has 0 saturated carbocycles. The van der Waals surface area contributed by atoms with Gasteiger partial charge in [0.2, 0.25) is 0 Å². The van der Waals surface area contributed by atoms with Crippen molar-refractivity contribution in [3.05, 3.63) is 54.3 Å². The third-order valence-electron chi connectivity index (χ3n) is 2.43. The molecule has 0 N–H and O–H groups in total. The van der Waals surface area contributed by atoms with Crippen molar-refractivity contribution in [2.24, 2.45) is 0 Å². The van der Waals surface area contributed by atoms with Gasteiger partial charge in [-0.3, -0.25) is 0 Å². The van der Waals surface area contributed by atoms with Crippen LogP contribution in [-0.2, 0) is 0 Å². The van der Waals surface area contributed by atoms with E-state index in [2.05, 4.69) is 60.8 Å². The number of thiophene rings is 1. The lowest BCUT2D eigenvalue weighted by Crippen LogP contribution is -1.95. The molecular weight excluding hydrogens is 435 g/mol. The van der Waals surface area contributed by atoms with Crippen LogP contribution in [0.5, 0.6) is 0 Å². The average Bonchev–Trinajstić information content (AvgIpc) is 2.60. The molecule has 1 heterocycles. The summed E-state index contributed by atoms with van der Waals surface area (Å²) in [4.78, 5) is 1.21. The smallest absolute Gasteiger partial charge is 0.123 e. The summed E-state index contributed by atoms with van der Waals surface area (Å²) in [6.45, 7) is 2.06. The van der Waals surface area contributed by atoms with Crippen LogP contribution in [0.2, 0.25) is 0 Å². The van der Waals surface area contributed by atoms with Crippen molar-refractivity contribution in [3.8, 4) is 0 Å². The molecule has 0 saturated heterocycles. The normalized spacial score (nSPS) is 12.8. The highest BCUT2D eigenvalue weighted by molar-refractivity contribution is 9.11. The Bertz CT molecular complexity index is 551. The molecular formula is C12H8Br3FS. The van der Waals surface area contributed by atoms with Gasteiger partial charge >= 0.3 is 0 Å². The molecule has 1 atom stereocenters. The van der Waals surface area contributed by atoms with Crippen LogP contribution in [0.3, 0.4) is 0 Å². The van der Waals surface area contributed by atoms with Gasteiger partial charge < -0.3 is 0 Å². The summed E-state index contributed by atoms with van der Waals surface area (Å²) < 4.78 is 15.3. The number of halogens is 4. The Labute approximate surface area is 129 Å². The second-order valence-electron chi connectivity index (χ2n) is 3.59. The predicted octanol–water partition coefficient (Wildman–Crippen LogP) is 6.20. The van der Waals surface area contributed by atoms with E-state index in [4.69, 9.17) is 0 Å². The lowest BCUT2D eigenvalue weighted by atomic mass is 10.1. The molecule has 0 nitrogen and oxygen atoms in total. The van der Waals surface area contributed by atoms with Crippen LogP contribution in [0.4, 0.5) is 4.39 Å². The van der Waals surface area contributed by atoms with Crippen LogP contribution in [0.15, 0.2) is 32.5 Å². The summed E-state index contributed by atoms with van der Waals surface area (Å²) in [5, 5.41) is 0. The Morgan fingerprint density at radius 2 is 1.88 bits per heavy atom. The van der Waals surface area contributed by atoms with E-state index >= 15 is 0 Å². The standard InChI is InChI=1S/C12H8Br3FS/c1-6-8(5-11(14)17-6)12(15)9-4-7(16)2-3-10(9)13/h2-5,12H,1H3. The summed E-state index contributed by atoms with van der Waals surface area (Å²) in [5.74, 6) is -0.223. The van der Waals surface area contributed by atoms with E-state index in [9.17, 15) is 4.39 Å². The summed E-state index contributed by atoms with van der Waals surface area (Å²) in [6.07, 6.45) is 0. The molecule has 2 aromatic rings. The summed E-state index contributed by atoms with van der Waals surface area (Å²) in [7, 11) is 0. The Kier molecular flexibility index (Phi) is 4.45. The zero-order valence-electron chi connectivity index (χ0n) is 8.81. The Balaban J connectivity index is 2.46. The number of hydrogen-bond donors (Lipinski definition) is 0. The first-order valence-corrected chi connectivity index (χ1v) is 8.15. The molecule has 0 spiro atoms. The van der Waals surface area contributed by atoms with E-state index in [0.29, 0.717) is 0 Å². The number of rotatable bonds is 2. The van der Waals surface area contributed by atoms with Crippen molar-refractivity contribution in [3.63, 3.8) is 0 Å². The maximum absolute atomic E-state index is 13.3. The first kappa shape index (κ1) is 13.7. The molecule has 0 amide bonds. The van der Waals surface area contributed by atoms with Crippen molar-refractivity contribution >= 4 is 59.1 Å². The zero-order chi connectivity index (χ0) is 12.6. The molecule has 90 valence electrons. The minimum absolute atomic E-state index is 0.00451. The summed E-state index contributed by atoms with van der Waals surface area (Å²) >= 11 is 12.2. The second-order valence-corrected chi connectivity index (χ2v) is 8.00. The monoisotopic (exact) mass is 440 g/mol. The van der Waals surface area contributed by atoms with Gasteiger partial charge in [-0.25, -0.2) is 4.39 Å². The molecule has 0 radical (unpaired) electrons. The van der Waals surface area contributed by atoms with E-state index < -0.39 is 0 Å². The van der Waals surface area contributed by atoms with Crippen molar-refractivity contribution in [2.75, 3.05) is 0 Å². The minimum atomic E-state index is -0.223. The average molecular weight is 443 g/mol. The third kappa shape index (κ3) is 3.00. The molecule has 0 aliphatic rings. The first-order valence-electron chi connectivity index (χ1n) is 4.84. The predicted molar refractivity (Wildman–Crippen MR) is 81.6 cm³/mol. The van der Waals surface area contributed by atoms with Crippen LogP contribution < -0.4 is 0 Å². The highest BCUT2D eigenvalue weighted by Crippen LogP contribution is 2.41. The quantitative estimate of drug-likeness (QED) is 0.485. The SMILES string of the molecule is Cc1sc(Br)cc1C(Br)c1cc(F)ccc1Br. The van der Waals surface area contributed by atoms with Gasteiger partial charge in [-0.05, 0) is 58.2 Å². The molecule has 0 aliphatic heterocycles. The number of benzene rings is 1. The van der Waals surface area contributed by atoms with E-state index in [-0.39, 0.29) is 10.6 Å². The van der Waals surface area contributed by atoms with Crippen LogP contribution in [0, 0.1) is 12.7 Å². The second kappa shape index (κ2) is 5.51. The molecule has 5 heteroatoms. The van der Waals surface area contributed by atoms with Crippen molar-refractivity contribution in [1.29, 1.82) is 0 Å². The summed E-state index contributed by atoms with van der Waals surface area (Å²) in [5.41, 5.74) is 2.06. The van der Waals surface area contributed by atoms with Crippen molar-refractivity contribution < 1.29 is 4.39 Å². The lowest BCUT2D eigenvalue weighted by molar-refractivity contribution is 0.625. The highest BCUT2D eigenvalue weighted by Gasteiger charge is 2.18. The molecule has 0 aliphatic carbocycles. The Morgan fingerprint density at radius 3 is 2.47 bits per heavy atom. The number of hydrogen-bond acceptors (Lipinski definition) is 1. The molecule has 0 fully saturated rings. The van der Waals surface area contributed by atoms with E-state index in [0.717, 1.165) is 19.4 Å². The number of aryl methyl sites for hydroxylation is 1. The maximum atomic E-state index is 13.3. The largest absolute Gasteiger partial charge is 0.207 e. The molecule has 1 aromatic carbocycles. The minimum Gasteiger partial charge on any atom is -0.207 e. The maximum Gasteiger partial charge on any atom is 0.123 e. The fourth-order valence-electron chi connectivity index (χ4n) is 1.59. The van der Waals surface area contributed by atoms with E-state index in [1.54, 1.807) is 23.5 Å². The Hall–Kier alpha value is 0.290. The van der Waals surface area contributed by atoms with Gasteiger partial charge in [0, 0.05) is 9.35 Å². The van der Waals surface area contributed by atoms with Crippen LogP contribution in [0.25, 0.3) is 0 Å². The molecule has 1 unspecified atom stereocenters. The van der Waals surface area contributed by atoms with Gasteiger partial charge in [0.25, 0.3) is 0 Å². The first-order chi connectivity index (χ1) is 7.99. The zero-order valence-corrected chi connectivity index (χ0v) is 14.4. The van der Waals surface area contributed by atoms with Gasteiger partial charge in [-0.15, -0.1) is 11.3 Å². The van der Waals surface area contributed by atoms with E-state index in [1.807, 2.05) is 0 Å². The van der Waals surface area contributed by atoms with Crippen LogP contribution >= 0.6 is 59.1 Å². The molecule has 1 aromatic heterocycles. The highest BCUT2D eigenvalue weighted by atomic mass is 79.9. The van der Waals surface area contributed by atoms with Gasteiger partial charge in [0.05, 0.1) is 8.61 Å². The van der Waals surface area contributed by atoms with Crippen molar-refractivity contribution in [2.45, 2.75) is 11.8 Å². The molecule has 2 rings (SSSR count). The third-order valence-corrected chi connectivity index (χ3v) is 5.71. The van der Waals surface area contributed by atoms with E-state index in [1.165, 1.54) is 10.9 Å². The fraction of sp³-hybridized carbons (Fsp3) is 0.167. The van der Waals surface area contributed by atoms with Gasteiger partial charge in [-0.2, -0.15) is 0 Å². The van der Waals surface area contributed by atoms with Crippen molar-refractivity contribution in [1.82, 2.24) is 0 Å². The Morgan fingerprint density at radius 1 is 1.18 bits per heavy atom. The number of alkyl halides is 1. The molecule has 17 heavy (non-hydrogen) atoms. The van der Waals surface area contributed by atoms with Gasteiger partial charge in [0.15, 0.2) is 0 Å². The van der Waals surface area contributed by atoms with Crippen LogP contribution in [0.1, 0.15) is 20.8 Å². The summed E-state index contributed by atoms with van der Waals surface area (Å²) in [6, 6.07) is 6.80. The fourth-order valence-corrected chi connectivity index (χ4v) is 5.12. The van der Waals surface area contributed by atoms with Gasteiger partial charge in [0.1, 0.15) is 5.82 Å².